The van der Waals surface area contributed by atoms with Crippen molar-refractivity contribution in [3.8, 4) is 0 Å². The fraction of sp³-hybridized carbons (Fsp3) is 0.590. The van der Waals surface area contributed by atoms with Gasteiger partial charge in [-0.1, -0.05) is 118 Å². The van der Waals surface area contributed by atoms with Crippen LogP contribution in [0.1, 0.15) is 102 Å². The molecule has 2 aliphatic carbocycles. The molecule has 0 radical (unpaired) electrons. The summed E-state index contributed by atoms with van der Waals surface area (Å²) in [6.45, 7) is 11.3. The number of hydrogen-bond donors (Lipinski definition) is 0. The summed E-state index contributed by atoms with van der Waals surface area (Å²) in [6.07, 6.45) is 22.3. The van der Waals surface area contributed by atoms with Crippen LogP contribution < -0.4 is 0 Å². The number of nitrogens with zero attached hydrogens (tertiary/aromatic N) is 2. The second-order valence-corrected chi connectivity index (χ2v) is 12.9. The molecule has 228 valence electrons. The molecule has 1 saturated carbocycles. The monoisotopic (exact) mass is 568 g/mol. The molecule has 0 amide bonds. The summed E-state index contributed by atoms with van der Waals surface area (Å²) >= 11 is 0. The van der Waals surface area contributed by atoms with Crippen molar-refractivity contribution < 1.29 is 4.74 Å². The first kappa shape index (κ1) is 31.2. The summed E-state index contributed by atoms with van der Waals surface area (Å²) in [5, 5.41) is 0. The average molecular weight is 569 g/mol. The van der Waals surface area contributed by atoms with Crippen LogP contribution in [0.4, 0.5) is 0 Å². The number of piperidine rings is 1. The standard InChI is InChI=1S/C37H50N2O.C2H6/c1-2-11-23-38(24-12-3-1)25-13-10-14-31-19-22-37(29-34(37)28-31)40-35-20-26-39(27-21-35)30-36(32-15-6-4-7-16-32)33-17-8-5-9-18-33;1-2/h4-9,15-19,22,28,34-36H,1-3,10-14,20-21,23-27,29-30H2;1-2H3. The summed E-state index contributed by atoms with van der Waals surface area (Å²) in [5.41, 5.74) is 4.40. The maximum atomic E-state index is 6.83. The van der Waals surface area contributed by atoms with Crippen molar-refractivity contribution in [2.45, 2.75) is 102 Å². The summed E-state index contributed by atoms with van der Waals surface area (Å²) < 4.78 is 6.83. The van der Waals surface area contributed by atoms with Crippen molar-refractivity contribution in [2.24, 2.45) is 5.92 Å². The average Bonchev–Trinajstić information content (AvgIpc) is 3.74. The molecule has 2 aliphatic heterocycles. The van der Waals surface area contributed by atoms with Gasteiger partial charge in [0.25, 0.3) is 0 Å². The topological polar surface area (TPSA) is 15.7 Å². The number of allylic oxidation sites excluding steroid dienone is 2. The normalized spacial score (nSPS) is 25.1. The van der Waals surface area contributed by atoms with Crippen molar-refractivity contribution in [1.29, 1.82) is 0 Å². The van der Waals surface area contributed by atoms with Crippen molar-refractivity contribution in [3.63, 3.8) is 0 Å². The Labute approximate surface area is 257 Å². The molecule has 0 aromatic heterocycles. The molecule has 2 aromatic rings. The van der Waals surface area contributed by atoms with Crippen LogP contribution in [0.15, 0.2) is 84.5 Å². The Morgan fingerprint density at radius 3 is 2.00 bits per heavy atom. The lowest BCUT2D eigenvalue weighted by Gasteiger charge is -2.36. The number of likely N-dealkylation sites (tertiary alicyclic amines) is 2. The molecule has 0 spiro atoms. The molecule has 2 heterocycles. The highest BCUT2D eigenvalue weighted by Gasteiger charge is 2.54. The van der Waals surface area contributed by atoms with Gasteiger partial charge >= 0.3 is 0 Å². The van der Waals surface area contributed by atoms with Gasteiger partial charge in [-0.2, -0.15) is 0 Å². The molecule has 4 aliphatic rings. The maximum Gasteiger partial charge on any atom is 0.0939 e. The molecule has 2 atom stereocenters. The molecule has 2 saturated heterocycles. The second kappa shape index (κ2) is 16.0. The summed E-state index contributed by atoms with van der Waals surface area (Å²) in [6, 6.07) is 22.1. The van der Waals surface area contributed by atoms with E-state index in [0.29, 0.717) is 17.9 Å². The number of benzene rings is 2. The van der Waals surface area contributed by atoms with E-state index >= 15 is 0 Å². The van der Waals surface area contributed by atoms with Gasteiger partial charge < -0.3 is 14.5 Å². The van der Waals surface area contributed by atoms with Crippen molar-refractivity contribution in [3.05, 3.63) is 95.6 Å². The largest absolute Gasteiger partial charge is 0.367 e. The van der Waals surface area contributed by atoms with Crippen LogP contribution in [0, 0.1) is 5.92 Å². The van der Waals surface area contributed by atoms with Crippen LogP contribution in [0.25, 0.3) is 0 Å². The number of unbranched alkanes of at least 4 members (excludes halogenated alkanes) is 1. The Kier molecular flexibility index (Phi) is 11.9. The molecule has 6 rings (SSSR count). The highest BCUT2D eigenvalue weighted by atomic mass is 16.5. The SMILES string of the molecule is C1=CC2(OC3CCN(CC(c4ccccc4)c4ccccc4)CC3)CC2C=C1CCCCN1CCCCCCC1.CC. The molecule has 3 heteroatoms. The number of ether oxygens (including phenoxy) is 1. The molecule has 3 fully saturated rings. The highest BCUT2D eigenvalue weighted by Crippen LogP contribution is 2.53. The summed E-state index contributed by atoms with van der Waals surface area (Å²) in [4.78, 5) is 5.38. The molecule has 42 heavy (non-hydrogen) atoms. The molecule has 3 nitrogen and oxygen atoms in total. The maximum absolute atomic E-state index is 6.83. The third kappa shape index (κ3) is 8.68. The van der Waals surface area contributed by atoms with Crippen molar-refractivity contribution >= 4 is 0 Å². The van der Waals surface area contributed by atoms with Crippen LogP contribution in [0.5, 0.6) is 0 Å². The summed E-state index contributed by atoms with van der Waals surface area (Å²) in [5.74, 6) is 1.03. The predicted molar refractivity (Wildman–Crippen MR) is 178 cm³/mol. The number of hydrogen-bond acceptors (Lipinski definition) is 3. The lowest BCUT2D eigenvalue weighted by molar-refractivity contribution is -0.0408. The molecular weight excluding hydrogens is 512 g/mol. The zero-order chi connectivity index (χ0) is 29.0. The first-order valence-electron chi connectivity index (χ1n) is 17.4. The number of fused-ring (bicyclic) bond motifs is 1. The zero-order valence-corrected chi connectivity index (χ0v) is 26.6. The lowest BCUT2D eigenvalue weighted by atomic mass is 9.90. The summed E-state index contributed by atoms with van der Waals surface area (Å²) in [7, 11) is 0. The Bertz CT molecular complexity index is 1060. The highest BCUT2D eigenvalue weighted by molar-refractivity contribution is 5.38. The van der Waals surface area contributed by atoms with Crippen LogP contribution in [0.2, 0.25) is 0 Å². The lowest BCUT2D eigenvalue weighted by Crippen LogP contribution is -2.41. The van der Waals surface area contributed by atoms with Crippen molar-refractivity contribution in [2.75, 3.05) is 39.3 Å². The van der Waals surface area contributed by atoms with Gasteiger partial charge in [0.1, 0.15) is 0 Å². The van der Waals surface area contributed by atoms with Crippen LogP contribution in [-0.4, -0.2) is 60.8 Å². The molecule has 0 bridgehead atoms. The molecule has 0 N–H and O–H groups in total. The van der Waals surface area contributed by atoms with Gasteiger partial charge in [-0.05, 0) is 82.1 Å². The first-order chi connectivity index (χ1) is 20.8. The quantitative estimate of drug-likeness (QED) is 0.252. The minimum Gasteiger partial charge on any atom is -0.367 e. The molecule has 2 aromatic carbocycles. The van der Waals surface area contributed by atoms with Gasteiger partial charge in [0.15, 0.2) is 0 Å². The van der Waals surface area contributed by atoms with E-state index in [4.69, 9.17) is 4.74 Å². The van der Waals surface area contributed by atoms with Gasteiger partial charge in [0.05, 0.1) is 11.7 Å². The van der Waals surface area contributed by atoms with Crippen molar-refractivity contribution in [1.82, 2.24) is 9.80 Å². The van der Waals surface area contributed by atoms with E-state index in [0.717, 1.165) is 32.5 Å². The minimum atomic E-state index is 0.0114. The van der Waals surface area contributed by atoms with E-state index in [9.17, 15) is 0 Å². The number of rotatable bonds is 11. The Hall–Kier alpha value is -2.20. The smallest absolute Gasteiger partial charge is 0.0939 e. The van der Waals surface area contributed by atoms with Gasteiger partial charge in [0, 0.05) is 31.5 Å². The Balaban J connectivity index is 0.00000173. The Morgan fingerprint density at radius 2 is 1.38 bits per heavy atom. The van der Waals surface area contributed by atoms with Gasteiger partial charge in [-0.3, -0.25) is 0 Å². The Morgan fingerprint density at radius 1 is 0.762 bits per heavy atom. The van der Waals surface area contributed by atoms with E-state index in [1.54, 1.807) is 5.57 Å². The van der Waals surface area contributed by atoms with Gasteiger partial charge in [0.2, 0.25) is 0 Å². The van der Waals surface area contributed by atoms with Gasteiger partial charge in [-0.15, -0.1) is 0 Å². The van der Waals surface area contributed by atoms with Crippen LogP contribution in [0.3, 0.4) is 0 Å². The first-order valence-corrected chi connectivity index (χ1v) is 17.4. The fourth-order valence-corrected chi connectivity index (χ4v) is 7.33. The fourth-order valence-electron chi connectivity index (χ4n) is 7.33. The van der Waals surface area contributed by atoms with E-state index in [1.807, 2.05) is 13.8 Å². The third-order valence-corrected chi connectivity index (χ3v) is 9.91. The van der Waals surface area contributed by atoms with Crippen LogP contribution >= 0.6 is 0 Å². The molecular formula is C39H56N2O. The van der Waals surface area contributed by atoms with E-state index < -0.39 is 0 Å². The van der Waals surface area contributed by atoms with E-state index in [1.165, 1.54) is 88.5 Å². The van der Waals surface area contributed by atoms with Gasteiger partial charge in [-0.25, -0.2) is 0 Å². The van der Waals surface area contributed by atoms with E-state index in [2.05, 4.69) is 88.7 Å². The predicted octanol–water partition coefficient (Wildman–Crippen LogP) is 9.02. The minimum absolute atomic E-state index is 0.0114. The zero-order valence-electron chi connectivity index (χ0n) is 26.6. The molecule has 2 unspecified atom stereocenters. The van der Waals surface area contributed by atoms with E-state index in [-0.39, 0.29) is 5.60 Å². The second-order valence-electron chi connectivity index (χ2n) is 12.9. The third-order valence-electron chi connectivity index (χ3n) is 9.91. The van der Waals surface area contributed by atoms with Crippen LogP contribution in [-0.2, 0) is 4.74 Å².